The van der Waals surface area contributed by atoms with Crippen LogP contribution in [0.25, 0.3) is 0 Å². The highest BCUT2D eigenvalue weighted by atomic mass is 32.1. The predicted molar refractivity (Wildman–Crippen MR) is 73.8 cm³/mol. The zero-order valence-electron chi connectivity index (χ0n) is 10.1. The maximum absolute atomic E-state index is 5.75. The van der Waals surface area contributed by atoms with Crippen molar-refractivity contribution in [1.82, 2.24) is 4.90 Å². The van der Waals surface area contributed by atoms with Crippen molar-refractivity contribution in [3.05, 3.63) is 57.8 Å². The van der Waals surface area contributed by atoms with Crippen LogP contribution in [0.15, 0.2) is 41.8 Å². The second-order valence-corrected chi connectivity index (χ2v) is 5.26. The third-order valence-corrected chi connectivity index (χ3v) is 3.65. The lowest BCUT2D eigenvalue weighted by atomic mass is 10.1. The molecule has 1 heterocycles. The molecule has 2 aromatic rings. The van der Waals surface area contributed by atoms with Gasteiger partial charge in [-0.15, -0.1) is 11.3 Å². The van der Waals surface area contributed by atoms with Gasteiger partial charge in [0.1, 0.15) is 0 Å². The molecule has 0 aliphatic carbocycles. The first-order valence-corrected chi connectivity index (χ1v) is 6.65. The molecule has 90 valence electrons. The lowest BCUT2D eigenvalue weighted by Crippen LogP contribution is -2.18. The molecule has 0 aliphatic rings. The van der Waals surface area contributed by atoms with Gasteiger partial charge in [-0.05, 0) is 29.6 Å². The maximum atomic E-state index is 5.75. The predicted octanol–water partition coefficient (Wildman–Crippen LogP) is 2.84. The molecule has 17 heavy (non-hydrogen) atoms. The molecule has 0 radical (unpaired) electrons. The molecule has 2 N–H and O–H groups in total. The van der Waals surface area contributed by atoms with Gasteiger partial charge in [-0.1, -0.05) is 30.3 Å². The maximum Gasteiger partial charge on any atom is 0.0328 e. The molecule has 0 atom stereocenters. The lowest BCUT2D eigenvalue weighted by molar-refractivity contribution is 0.321. The highest BCUT2D eigenvalue weighted by Gasteiger charge is 2.05. The first kappa shape index (κ1) is 12.3. The van der Waals surface area contributed by atoms with E-state index in [0.717, 1.165) is 13.1 Å². The van der Waals surface area contributed by atoms with E-state index in [2.05, 4.69) is 47.7 Å². The third kappa shape index (κ3) is 3.40. The van der Waals surface area contributed by atoms with E-state index in [1.54, 1.807) is 11.3 Å². The van der Waals surface area contributed by atoms with Crippen molar-refractivity contribution in [1.29, 1.82) is 0 Å². The molecule has 3 heteroatoms. The summed E-state index contributed by atoms with van der Waals surface area (Å²) in [5.41, 5.74) is 8.31. The minimum absolute atomic E-state index is 0.614. The van der Waals surface area contributed by atoms with Crippen molar-refractivity contribution in [2.24, 2.45) is 5.73 Å². The molecular weight excluding hydrogens is 228 g/mol. The van der Waals surface area contributed by atoms with E-state index in [4.69, 9.17) is 5.73 Å². The Balaban J connectivity index is 2.00. The van der Waals surface area contributed by atoms with Crippen molar-refractivity contribution < 1.29 is 0 Å². The van der Waals surface area contributed by atoms with Gasteiger partial charge in [0.15, 0.2) is 0 Å². The molecule has 0 spiro atoms. The van der Waals surface area contributed by atoms with E-state index >= 15 is 0 Å². The van der Waals surface area contributed by atoms with Crippen LogP contribution >= 0.6 is 11.3 Å². The fourth-order valence-corrected chi connectivity index (χ4v) is 2.71. The first-order chi connectivity index (χ1) is 8.29. The Bertz CT molecular complexity index is 451. The summed E-state index contributed by atoms with van der Waals surface area (Å²) in [6.07, 6.45) is 0. The fraction of sp³-hybridized carbons (Fsp3) is 0.286. The van der Waals surface area contributed by atoms with Gasteiger partial charge in [-0.25, -0.2) is 0 Å². The van der Waals surface area contributed by atoms with Gasteiger partial charge in [0, 0.05) is 24.5 Å². The summed E-state index contributed by atoms with van der Waals surface area (Å²) in [5, 5.41) is 2.12. The molecule has 0 saturated carbocycles. The van der Waals surface area contributed by atoms with Crippen molar-refractivity contribution in [3.8, 4) is 0 Å². The van der Waals surface area contributed by atoms with Gasteiger partial charge >= 0.3 is 0 Å². The molecule has 1 aromatic carbocycles. The molecule has 1 aromatic heterocycles. The van der Waals surface area contributed by atoms with Gasteiger partial charge in [-0.3, -0.25) is 4.90 Å². The Morgan fingerprint density at radius 3 is 2.47 bits per heavy atom. The van der Waals surface area contributed by atoms with E-state index in [1.165, 1.54) is 16.0 Å². The molecule has 0 unspecified atom stereocenters. The van der Waals surface area contributed by atoms with Crippen LogP contribution < -0.4 is 5.73 Å². The average molecular weight is 246 g/mol. The fourth-order valence-electron chi connectivity index (χ4n) is 1.93. The molecule has 0 amide bonds. The quantitative estimate of drug-likeness (QED) is 0.879. The molecule has 0 bridgehead atoms. The van der Waals surface area contributed by atoms with E-state index in [1.807, 2.05) is 6.07 Å². The Morgan fingerprint density at radius 2 is 1.82 bits per heavy atom. The van der Waals surface area contributed by atoms with Gasteiger partial charge < -0.3 is 5.73 Å². The van der Waals surface area contributed by atoms with Gasteiger partial charge in [0.05, 0.1) is 0 Å². The van der Waals surface area contributed by atoms with Crippen LogP contribution in [-0.2, 0) is 19.6 Å². The van der Waals surface area contributed by atoms with Crippen molar-refractivity contribution in [2.45, 2.75) is 19.6 Å². The molecule has 2 nitrogen and oxygen atoms in total. The summed E-state index contributed by atoms with van der Waals surface area (Å²) in [6.45, 7) is 2.56. The van der Waals surface area contributed by atoms with Crippen LogP contribution in [0.5, 0.6) is 0 Å². The first-order valence-electron chi connectivity index (χ1n) is 5.77. The van der Waals surface area contributed by atoms with Crippen LogP contribution in [-0.4, -0.2) is 11.9 Å². The normalized spacial score (nSPS) is 11.0. The largest absolute Gasteiger partial charge is 0.326 e. The smallest absolute Gasteiger partial charge is 0.0328 e. The number of nitrogens with zero attached hydrogens (tertiary/aromatic N) is 1. The highest BCUT2D eigenvalue weighted by molar-refractivity contribution is 7.09. The van der Waals surface area contributed by atoms with Crippen molar-refractivity contribution in [3.63, 3.8) is 0 Å². The van der Waals surface area contributed by atoms with Gasteiger partial charge in [0.2, 0.25) is 0 Å². The lowest BCUT2D eigenvalue weighted by Gasteiger charge is -2.17. The van der Waals surface area contributed by atoms with Gasteiger partial charge in [-0.2, -0.15) is 0 Å². The summed E-state index contributed by atoms with van der Waals surface area (Å²) in [5.74, 6) is 0. The minimum Gasteiger partial charge on any atom is -0.326 e. The monoisotopic (exact) mass is 246 g/mol. The van der Waals surface area contributed by atoms with Crippen molar-refractivity contribution in [2.75, 3.05) is 7.05 Å². The zero-order valence-corrected chi connectivity index (χ0v) is 10.9. The van der Waals surface area contributed by atoms with Crippen molar-refractivity contribution >= 4 is 11.3 Å². The Morgan fingerprint density at radius 1 is 1.06 bits per heavy atom. The van der Waals surface area contributed by atoms with E-state index in [0.29, 0.717) is 6.54 Å². The second kappa shape index (κ2) is 5.96. The molecule has 0 aliphatic heterocycles. The average Bonchev–Trinajstić information content (AvgIpc) is 2.82. The van der Waals surface area contributed by atoms with Crippen LogP contribution in [0.3, 0.4) is 0 Å². The molecule has 0 fully saturated rings. The van der Waals surface area contributed by atoms with E-state index in [-0.39, 0.29) is 0 Å². The van der Waals surface area contributed by atoms with Crippen LogP contribution in [0.1, 0.15) is 16.0 Å². The van der Waals surface area contributed by atoms with Gasteiger partial charge in [0.25, 0.3) is 0 Å². The SMILES string of the molecule is CN(Cc1cccs1)Cc1ccccc1CN. The highest BCUT2D eigenvalue weighted by Crippen LogP contribution is 2.15. The summed E-state index contributed by atoms with van der Waals surface area (Å²) in [7, 11) is 2.15. The number of hydrogen-bond acceptors (Lipinski definition) is 3. The Hall–Kier alpha value is -1.16. The summed E-state index contributed by atoms with van der Waals surface area (Å²) >= 11 is 1.81. The summed E-state index contributed by atoms with van der Waals surface area (Å²) in [4.78, 5) is 3.72. The third-order valence-electron chi connectivity index (χ3n) is 2.78. The number of hydrogen-bond donors (Lipinski definition) is 1. The van der Waals surface area contributed by atoms with Crippen LogP contribution in [0.2, 0.25) is 0 Å². The minimum atomic E-state index is 0.614. The number of thiophene rings is 1. The summed E-state index contributed by atoms with van der Waals surface area (Å²) in [6, 6.07) is 12.7. The zero-order chi connectivity index (χ0) is 12.1. The van der Waals surface area contributed by atoms with E-state index in [9.17, 15) is 0 Å². The summed E-state index contributed by atoms with van der Waals surface area (Å²) < 4.78 is 0. The molecule has 0 saturated heterocycles. The number of benzene rings is 1. The Kier molecular flexibility index (Phi) is 4.31. The van der Waals surface area contributed by atoms with Crippen LogP contribution in [0.4, 0.5) is 0 Å². The number of nitrogens with two attached hydrogens (primary N) is 1. The standard InChI is InChI=1S/C14H18N2S/c1-16(11-14-7-4-8-17-14)10-13-6-3-2-5-12(13)9-15/h2-8H,9-11,15H2,1H3. The number of rotatable bonds is 5. The molecular formula is C14H18N2S. The van der Waals surface area contributed by atoms with E-state index < -0.39 is 0 Å². The topological polar surface area (TPSA) is 29.3 Å². The second-order valence-electron chi connectivity index (χ2n) is 4.22. The van der Waals surface area contributed by atoms with Crippen LogP contribution in [0, 0.1) is 0 Å². The Labute approximate surface area is 107 Å². The molecule has 2 rings (SSSR count).